The molecule has 0 radical (unpaired) electrons. The zero-order chi connectivity index (χ0) is 26.2. The number of Topliss-reactive ketones (excluding diaryl/α,β-unsaturated/α-hetero) is 1. The van der Waals surface area contributed by atoms with E-state index < -0.39 is 30.6 Å². The highest BCUT2D eigenvalue weighted by Gasteiger charge is 2.58. The number of rotatable bonds is 11. The lowest BCUT2D eigenvalue weighted by Gasteiger charge is -2.50. The van der Waals surface area contributed by atoms with Gasteiger partial charge in [0.25, 0.3) is 0 Å². The Bertz CT molecular complexity index is 960. The SMILES string of the molecule is CC(C)C(=O)OCCC(=O)C1[C@H](C(=O)OCOC(=O)C(C)C)[C@@H](c2ccccc2)[C@H]1c1ccccc1. The molecular weight excluding hydrogens is 460 g/mol. The zero-order valence-corrected chi connectivity index (χ0v) is 21.2. The van der Waals surface area contributed by atoms with Crippen molar-refractivity contribution in [3.63, 3.8) is 0 Å². The molecule has 0 aliphatic heterocycles. The summed E-state index contributed by atoms with van der Waals surface area (Å²) >= 11 is 0. The smallest absolute Gasteiger partial charge is 0.313 e. The largest absolute Gasteiger partial charge is 0.465 e. The van der Waals surface area contributed by atoms with E-state index in [1.807, 2.05) is 60.7 Å². The molecule has 36 heavy (non-hydrogen) atoms. The number of ether oxygens (including phenoxy) is 3. The van der Waals surface area contributed by atoms with E-state index >= 15 is 0 Å². The predicted molar refractivity (Wildman–Crippen MR) is 133 cm³/mol. The molecule has 0 spiro atoms. The molecule has 1 unspecified atom stereocenters. The van der Waals surface area contributed by atoms with Crippen molar-refractivity contribution in [1.29, 1.82) is 0 Å². The molecule has 0 N–H and O–H groups in total. The second-order valence-corrected chi connectivity index (χ2v) is 9.66. The first-order valence-electron chi connectivity index (χ1n) is 12.3. The average molecular weight is 495 g/mol. The first kappa shape index (κ1) is 27.1. The van der Waals surface area contributed by atoms with Gasteiger partial charge in [-0.15, -0.1) is 0 Å². The Morgan fingerprint density at radius 2 is 1.14 bits per heavy atom. The van der Waals surface area contributed by atoms with Crippen LogP contribution < -0.4 is 0 Å². The van der Waals surface area contributed by atoms with Gasteiger partial charge in [0.15, 0.2) is 0 Å². The van der Waals surface area contributed by atoms with Crippen LogP contribution in [0.15, 0.2) is 60.7 Å². The summed E-state index contributed by atoms with van der Waals surface area (Å²) in [6.45, 7) is 6.28. The van der Waals surface area contributed by atoms with Gasteiger partial charge >= 0.3 is 17.9 Å². The maximum absolute atomic E-state index is 13.4. The van der Waals surface area contributed by atoms with Crippen molar-refractivity contribution in [3.05, 3.63) is 71.8 Å². The minimum Gasteiger partial charge on any atom is -0.465 e. The predicted octanol–water partition coefficient (Wildman–Crippen LogP) is 4.66. The molecule has 0 bridgehead atoms. The van der Waals surface area contributed by atoms with Gasteiger partial charge in [-0.1, -0.05) is 88.4 Å². The molecule has 1 aliphatic carbocycles. The molecule has 0 saturated heterocycles. The van der Waals surface area contributed by atoms with Gasteiger partial charge in [0, 0.05) is 24.2 Å². The molecule has 2 aromatic rings. The molecule has 4 atom stereocenters. The Morgan fingerprint density at radius 1 is 0.667 bits per heavy atom. The first-order valence-corrected chi connectivity index (χ1v) is 12.3. The van der Waals surface area contributed by atoms with Gasteiger partial charge in [-0.3, -0.25) is 19.2 Å². The minimum atomic E-state index is -0.761. The van der Waals surface area contributed by atoms with E-state index in [0.717, 1.165) is 11.1 Å². The average Bonchev–Trinajstić information content (AvgIpc) is 2.84. The highest BCUT2D eigenvalue weighted by molar-refractivity contribution is 5.91. The summed E-state index contributed by atoms with van der Waals surface area (Å²) in [7, 11) is 0. The molecule has 3 rings (SSSR count). The Hall–Kier alpha value is -3.48. The third-order valence-electron chi connectivity index (χ3n) is 6.50. The van der Waals surface area contributed by atoms with Crippen LogP contribution in [0.3, 0.4) is 0 Å². The topological polar surface area (TPSA) is 96.0 Å². The summed E-state index contributed by atoms with van der Waals surface area (Å²) in [6.07, 6.45) is 0.0000846. The standard InChI is InChI=1S/C29H34O7/c1-18(2)27(31)34-16-15-22(30)25-23(20-11-7-5-8-12-20)24(21-13-9-6-10-14-21)26(25)29(33)36-17-35-28(32)19(3)4/h5-14,18-19,23-26H,15-17H2,1-4H3/t23-,24+,25?,26-/m1/s1. The van der Waals surface area contributed by atoms with Gasteiger partial charge in [0.05, 0.1) is 24.4 Å². The maximum atomic E-state index is 13.4. The fourth-order valence-corrected chi connectivity index (χ4v) is 4.62. The highest BCUT2D eigenvalue weighted by Crippen LogP contribution is 2.58. The van der Waals surface area contributed by atoms with E-state index in [-0.39, 0.29) is 48.5 Å². The van der Waals surface area contributed by atoms with Crippen molar-refractivity contribution in [2.45, 2.75) is 46.0 Å². The Balaban J connectivity index is 1.86. The fraction of sp³-hybridized carbons (Fsp3) is 0.448. The van der Waals surface area contributed by atoms with Crippen LogP contribution in [-0.4, -0.2) is 37.1 Å². The van der Waals surface area contributed by atoms with E-state index in [1.54, 1.807) is 27.7 Å². The number of ketones is 1. The quantitative estimate of drug-likeness (QED) is 0.331. The van der Waals surface area contributed by atoms with Gasteiger partial charge in [-0.05, 0) is 11.1 Å². The second-order valence-electron chi connectivity index (χ2n) is 9.66. The molecule has 0 amide bonds. The van der Waals surface area contributed by atoms with Crippen LogP contribution in [0.1, 0.15) is 57.1 Å². The number of benzene rings is 2. The van der Waals surface area contributed by atoms with Crippen molar-refractivity contribution in [3.8, 4) is 0 Å². The first-order chi connectivity index (χ1) is 17.2. The second kappa shape index (κ2) is 12.5. The highest BCUT2D eigenvalue weighted by atomic mass is 16.7. The summed E-state index contributed by atoms with van der Waals surface area (Å²) in [5, 5.41) is 0. The monoisotopic (exact) mass is 494 g/mol. The molecule has 1 aliphatic rings. The number of hydrogen-bond acceptors (Lipinski definition) is 7. The summed E-state index contributed by atoms with van der Waals surface area (Å²) in [5.41, 5.74) is 1.86. The Morgan fingerprint density at radius 3 is 1.64 bits per heavy atom. The Labute approximate surface area is 212 Å². The van der Waals surface area contributed by atoms with E-state index in [9.17, 15) is 19.2 Å². The third-order valence-corrected chi connectivity index (χ3v) is 6.50. The molecule has 7 nitrogen and oxygen atoms in total. The molecule has 192 valence electrons. The van der Waals surface area contributed by atoms with Crippen LogP contribution >= 0.6 is 0 Å². The molecular formula is C29H34O7. The Kier molecular flexibility index (Phi) is 9.39. The summed E-state index contributed by atoms with van der Waals surface area (Å²) < 4.78 is 15.6. The van der Waals surface area contributed by atoms with Crippen LogP contribution in [0.5, 0.6) is 0 Å². The third kappa shape index (κ3) is 6.39. The van der Waals surface area contributed by atoms with Crippen LogP contribution in [-0.2, 0) is 33.4 Å². The van der Waals surface area contributed by atoms with Crippen LogP contribution in [0.2, 0.25) is 0 Å². The molecule has 1 saturated carbocycles. The van der Waals surface area contributed by atoms with Gasteiger partial charge in [-0.2, -0.15) is 0 Å². The molecule has 1 fully saturated rings. The molecule has 7 heteroatoms. The lowest BCUT2D eigenvalue weighted by atomic mass is 9.51. The van der Waals surface area contributed by atoms with E-state index in [0.29, 0.717) is 0 Å². The van der Waals surface area contributed by atoms with Gasteiger partial charge in [0.2, 0.25) is 6.79 Å². The lowest BCUT2D eigenvalue weighted by molar-refractivity contribution is -0.179. The van der Waals surface area contributed by atoms with Crippen LogP contribution in [0.25, 0.3) is 0 Å². The van der Waals surface area contributed by atoms with Gasteiger partial charge < -0.3 is 14.2 Å². The van der Waals surface area contributed by atoms with E-state index in [1.165, 1.54) is 0 Å². The van der Waals surface area contributed by atoms with Crippen molar-refractivity contribution >= 4 is 23.7 Å². The van der Waals surface area contributed by atoms with Crippen molar-refractivity contribution in [1.82, 2.24) is 0 Å². The summed E-state index contributed by atoms with van der Waals surface area (Å²) in [4.78, 5) is 50.3. The normalized spacial score (nSPS) is 20.9. The van der Waals surface area contributed by atoms with Gasteiger partial charge in [0.1, 0.15) is 5.78 Å². The minimum absolute atomic E-state index is 0.0000846. The van der Waals surface area contributed by atoms with Crippen molar-refractivity contribution in [2.24, 2.45) is 23.7 Å². The summed E-state index contributed by atoms with van der Waals surface area (Å²) in [5.74, 6) is -4.23. The van der Waals surface area contributed by atoms with Crippen LogP contribution in [0, 0.1) is 23.7 Å². The number of hydrogen-bond donors (Lipinski definition) is 0. The molecule has 2 aromatic carbocycles. The lowest BCUT2D eigenvalue weighted by Crippen LogP contribution is -2.52. The van der Waals surface area contributed by atoms with E-state index in [4.69, 9.17) is 14.2 Å². The van der Waals surface area contributed by atoms with E-state index in [2.05, 4.69) is 0 Å². The number of carbonyl (C=O) groups excluding carboxylic acids is 4. The molecule has 0 heterocycles. The summed E-state index contributed by atoms with van der Waals surface area (Å²) in [6, 6.07) is 19.2. The molecule has 0 aromatic heterocycles. The number of esters is 3. The van der Waals surface area contributed by atoms with Crippen molar-refractivity contribution < 1.29 is 33.4 Å². The number of carbonyl (C=O) groups is 4. The van der Waals surface area contributed by atoms with Crippen molar-refractivity contribution in [2.75, 3.05) is 13.4 Å². The zero-order valence-electron chi connectivity index (χ0n) is 21.2. The van der Waals surface area contributed by atoms with Crippen LogP contribution in [0.4, 0.5) is 0 Å². The fourth-order valence-electron chi connectivity index (χ4n) is 4.62. The maximum Gasteiger partial charge on any atom is 0.313 e. The van der Waals surface area contributed by atoms with Gasteiger partial charge in [-0.25, -0.2) is 0 Å².